The zero-order chi connectivity index (χ0) is 11.0. The number of aromatic nitrogens is 4. The van der Waals surface area contributed by atoms with Crippen LogP contribution in [0.2, 0.25) is 5.15 Å². The van der Waals surface area contributed by atoms with Crippen LogP contribution < -0.4 is 5.43 Å². The molecular formula is C8H6BrClN4O. The molecule has 2 aromatic rings. The van der Waals surface area contributed by atoms with Gasteiger partial charge < -0.3 is 0 Å². The molecule has 0 saturated carbocycles. The van der Waals surface area contributed by atoms with E-state index in [9.17, 15) is 4.79 Å². The van der Waals surface area contributed by atoms with Gasteiger partial charge in [-0.25, -0.2) is 4.68 Å². The van der Waals surface area contributed by atoms with E-state index < -0.39 is 0 Å². The molecule has 0 unspecified atom stereocenters. The zero-order valence-corrected chi connectivity index (χ0v) is 10.0. The summed E-state index contributed by atoms with van der Waals surface area (Å²) in [6.07, 6.45) is 1.67. The summed E-state index contributed by atoms with van der Waals surface area (Å²) in [6.45, 7) is 1.82. The van der Waals surface area contributed by atoms with Gasteiger partial charge in [0.15, 0.2) is 0 Å². The van der Waals surface area contributed by atoms with Gasteiger partial charge in [0, 0.05) is 12.3 Å². The normalized spacial score (nSPS) is 10.6. The van der Waals surface area contributed by atoms with Crippen LogP contribution >= 0.6 is 27.5 Å². The summed E-state index contributed by atoms with van der Waals surface area (Å²) in [5.74, 6) is 0.188. The Bertz CT molecular complexity index is 543. The van der Waals surface area contributed by atoms with Gasteiger partial charge in [-0.15, -0.1) is 0 Å². The fourth-order valence-electron chi connectivity index (χ4n) is 1.09. The van der Waals surface area contributed by atoms with E-state index in [2.05, 4.69) is 31.2 Å². The topological polar surface area (TPSA) is 63.6 Å². The van der Waals surface area contributed by atoms with E-state index in [4.69, 9.17) is 11.6 Å². The van der Waals surface area contributed by atoms with Crippen LogP contribution in [0.25, 0.3) is 5.82 Å². The molecule has 2 heterocycles. The molecule has 1 N–H and O–H groups in total. The van der Waals surface area contributed by atoms with Gasteiger partial charge in [0.05, 0.1) is 10.2 Å². The van der Waals surface area contributed by atoms with Crippen LogP contribution in [0.1, 0.15) is 5.69 Å². The summed E-state index contributed by atoms with van der Waals surface area (Å²) in [6, 6.07) is 1.26. The summed E-state index contributed by atoms with van der Waals surface area (Å²) < 4.78 is 2.22. The number of aromatic amines is 1. The fourth-order valence-corrected chi connectivity index (χ4v) is 1.50. The summed E-state index contributed by atoms with van der Waals surface area (Å²) in [4.78, 5) is 11.5. The number of aryl methyl sites for hydroxylation is 1. The lowest BCUT2D eigenvalue weighted by Gasteiger charge is -1.97. The van der Waals surface area contributed by atoms with Crippen LogP contribution in [0.5, 0.6) is 0 Å². The molecule has 0 fully saturated rings. The molecule has 0 aromatic carbocycles. The minimum absolute atomic E-state index is 0.188. The molecule has 0 aliphatic carbocycles. The van der Waals surface area contributed by atoms with Gasteiger partial charge >= 0.3 is 0 Å². The van der Waals surface area contributed by atoms with Crippen LogP contribution in [0.15, 0.2) is 21.5 Å². The second-order valence-corrected chi connectivity index (χ2v) is 4.17. The van der Waals surface area contributed by atoms with E-state index in [0.29, 0.717) is 0 Å². The molecule has 2 rings (SSSR count). The van der Waals surface area contributed by atoms with Gasteiger partial charge in [-0.1, -0.05) is 11.6 Å². The van der Waals surface area contributed by atoms with Gasteiger partial charge in [-0.3, -0.25) is 9.89 Å². The van der Waals surface area contributed by atoms with Crippen molar-refractivity contribution in [3.05, 3.63) is 37.8 Å². The predicted molar refractivity (Wildman–Crippen MR) is 59.4 cm³/mol. The third kappa shape index (κ3) is 1.95. The molecule has 0 aliphatic heterocycles. The Balaban J connectivity index is 2.59. The molecule has 0 aliphatic rings. The smallest absolute Gasteiger partial charge is 0.227 e. The van der Waals surface area contributed by atoms with Crippen molar-refractivity contribution in [3.63, 3.8) is 0 Å². The first-order chi connectivity index (χ1) is 7.08. The molecule has 0 saturated heterocycles. The Kier molecular flexibility index (Phi) is 2.62. The number of nitrogens with one attached hydrogen (secondary N) is 1. The largest absolute Gasteiger partial charge is 0.286 e. The lowest BCUT2D eigenvalue weighted by molar-refractivity contribution is 0.795. The molecule has 78 valence electrons. The lowest BCUT2D eigenvalue weighted by Crippen LogP contribution is -2.14. The van der Waals surface area contributed by atoms with Crippen LogP contribution in [-0.4, -0.2) is 20.0 Å². The molecule has 0 amide bonds. The van der Waals surface area contributed by atoms with Gasteiger partial charge in [0.1, 0.15) is 5.15 Å². The maximum absolute atomic E-state index is 11.5. The molecular weight excluding hydrogens is 283 g/mol. The highest BCUT2D eigenvalue weighted by Gasteiger charge is 2.08. The third-order valence-electron chi connectivity index (χ3n) is 1.80. The Morgan fingerprint density at radius 1 is 1.60 bits per heavy atom. The average molecular weight is 290 g/mol. The van der Waals surface area contributed by atoms with Gasteiger partial charge in [0.2, 0.25) is 11.2 Å². The van der Waals surface area contributed by atoms with E-state index >= 15 is 0 Å². The molecule has 0 bridgehead atoms. The number of hydrogen-bond donors (Lipinski definition) is 1. The minimum Gasteiger partial charge on any atom is -0.286 e. The van der Waals surface area contributed by atoms with Crippen molar-refractivity contribution in [2.45, 2.75) is 6.92 Å². The second kappa shape index (κ2) is 3.79. The summed E-state index contributed by atoms with van der Waals surface area (Å²) >= 11 is 8.89. The monoisotopic (exact) mass is 288 g/mol. The standard InChI is InChI=1S/C8H6BrClN4O/c1-4-5(9)3-14(13-4)8-6(15)2-7(10)11-12-8/h2-3H,1H3,(H,11,15). The number of rotatable bonds is 1. The predicted octanol–water partition coefficient (Wildman–Crippen LogP) is 1.68. The zero-order valence-electron chi connectivity index (χ0n) is 7.66. The number of halogens is 2. The first-order valence-corrected chi connectivity index (χ1v) is 5.22. The highest BCUT2D eigenvalue weighted by molar-refractivity contribution is 9.10. The maximum Gasteiger partial charge on any atom is 0.227 e. The van der Waals surface area contributed by atoms with Gasteiger partial charge in [-0.2, -0.15) is 10.2 Å². The van der Waals surface area contributed by atoms with Crippen LogP contribution in [0, 0.1) is 6.92 Å². The lowest BCUT2D eigenvalue weighted by atomic mass is 10.5. The Morgan fingerprint density at radius 3 is 2.87 bits per heavy atom. The number of nitrogens with zero attached hydrogens (tertiary/aromatic N) is 3. The second-order valence-electron chi connectivity index (χ2n) is 2.91. The first-order valence-electron chi connectivity index (χ1n) is 4.05. The van der Waals surface area contributed by atoms with E-state index in [1.54, 1.807) is 6.20 Å². The molecule has 0 spiro atoms. The molecule has 5 nitrogen and oxygen atoms in total. The average Bonchev–Trinajstić information content (AvgIpc) is 2.46. The molecule has 2 aromatic heterocycles. The molecule has 7 heteroatoms. The minimum atomic E-state index is -0.284. The first kappa shape index (κ1) is 10.4. The SMILES string of the molecule is Cc1nn(-c2n[nH]c(Cl)cc2=O)cc1Br. The van der Waals surface area contributed by atoms with Crippen molar-refractivity contribution in [2.75, 3.05) is 0 Å². The Hall–Kier alpha value is -1.14. The quantitative estimate of drug-likeness (QED) is 0.869. The van der Waals surface area contributed by atoms with Crippen molar-refractivity contribution in [1.29, 1.82) is 0 Å². The number of hydrogen-bond acceptors (Lipinski definition) is 3. The van der Waals surface area contributed by atoms with Crippen molar-refractivity contribution in [2.24, 2.45) is 0 Å². The Labute approximate surface area is 98.2 Å². The highest BCUT2D eigenvalue weighted by Crippen LogP contribution is 2.14. The fraction of sp³-hybridized carbons (Fsp3) is 0.125. The molecule has 0 atom stereocenters. The van der Waals surface area contributed by atoms with Crippen LogP contribution in [0.4, 0.5) is 0 Å². The molecule has 15 heavy (non-hydrogen) atoms. The highest BCUT2D eigenvalue weighted by atomic mass is 79.9. The van der Waals surface area contributed by atoms with E-state index in [-0.39, 0.29) is 16.4 Å². The van der Waals surface area contributed by atoms with Crippen LogP contribution in [-0.2, 0) is 0 Å². The van der Waals surface area contributed by atoms with E-state index in [1.807, 2.05) is 6.92 Å². The van der Waals surface area contributed by atoms with Crippen molar-refractivity contribution >= 4 is 27.5 Å². The van der Waals surface area contributed by atoms with Crippen molar-refractivity contribution in [3.8, 4) is 5.82 Å². The van der Waals surface area contributed by atoms with Gasteiger partial charge in [-0.05, 0) is 22.9 Å². The Morgan fingerprint density at radius 2 is 2.33 bits per heavy atom. The summed E-state index contributed by atoms with van der Waals surface area (Å²) in [5, 5.41) is 10.6. The van der Waals surface area contributed by atoms with E-state index in [1.165, 1.54) is 10.7 Å². The van der Waals surface area contributed by atoms with Crippen LogP contribution in [0.3, 0.4) is 0 Å². The maximum atomic E-state index is 11.5. The van der Waals surface area contributed by atoms with Crippen molar-refractivity contribution in [1.82, 2.24) is 20.0 Å². The van der Waals surface area contributed by atoms with Crippen molar-refractivity contribution < 1.29 is 0 Å². The summed E-state index contributed by atoms with van der Waals surface area (Å²) in [7, 11) is 0. The van der Waals surface area contributed by atoms with E-state index in [0.717, 1.165) is 10.2 Å². The summed E-state index contributed by atoms with van der Waals surface area (Å²) in [5.41, 5.74) is 0.500. The number of H-pyrrole nitrogens is 1. The third-order valence-corrected chi connectivity index (χ3v) is 2.78. The van der Waals surface area contributed by atoms with Gasteiger partial charge in [0.25, 0.3) is 0 Å². The molecule has 0 radical (unpaired) electrons.